The summed E-state index contributed by atoms with van der Waals surface area (Å²) in [6, 6.07) is 17.9. The van der Waals surface area contributed by atoms with Gasteiger partial charge in [0.15, 0.2) is 0 Å². The molecule has 0 aliphatic heterocycles. The van der Waals surface area contributed by atoms with Gasteiger partial charge < -0.3 is 4.74 Å². The van der Waals surface area contributed by atoms with Crippen LogP contribution in [0, 0.1) is 0 Å². The maximum Gasteiger partial charge on any atom is 0.338 e. The van der Waals surface area contributed by atoms with Gasteiger partial charge in [0.05, 0.1) is 0 Å². The summed E-state index contributed by atoms with van der Waals surface area (Å²) in [6.07, 6.45) is 0. The van der Waals surface area contributed by atoms with Gasteiger partial charge in [0, 0.05) is 11.0 Å². The normalized spacial score (nSPS) is 10.7. The third-order valence-corrected chi connectivity index (χ3v) is 3.30. The van der Waals surface area contributed by atoms with E-state index in [-0.39, 0.29) is 0 Å². The van der Waals surface area contributed by atoms with Crippen molar-refractivity contribution >= 4 is 27.5 Å². The Kier molecular flexibility index (Phi) is 2.99. The van der Waals surface area contributed by atoms with E-state index in [0.29, 0.717) is 11.3 Å². The average molecular weight is 262 g/mol. The summed E-state index contributed by atoms with van der Waals surface area (Å²) in [5, 5.41) is 4.33. The Hall–Kier alpha value is -2.61. The minimum absolute atomic E-state index is 0.391. The molecule has 0 spiro atoms. The number of hydrogen-bond acceptors (Lipinski definition) is 2. The number of benzene rings is 3. The molecule has 0 aliphatic carbocycles. The highest BCUT2D eigenvalue weighted by atomic mass is 16.5. The molecule has 0 heterocycles. The van der Waals surface area contributed by atoms with E-state index in [0.717, 1.165) is 16.2 Å². The van der Waals surface area contributed by atoms with E-state index in [1.807, 2.05) is 36.4 Å². The van der Waals surface area contributed by atoms with Crippen molar-refractivity contribution in [2.45, 2.75) is 6.92 Å². The molecule has 0 amide bonds. The first-order valence-corrected chi connectivity index (χ1v) is 6.45. The number of carbonyl (C=O) groups excluding carboxylic acids is 1. The first-order valence-electron chi connectivity index (χ1n) is 6.45. The van der Waals surface area contributed by atoms with Gasteiger partial charge in [0.1, 0.15) is 5.75 Å². The fraction of sp³-hybridized carbons (Fsp3) is 0.0556. The number of carbonyl (C=O) groups is 1. The zero-order chi connectivity index (χ0) is 14.1. The zero-order valence-electron chi connectivity index (χ0n) is 11.2. The topological polar surface area (TPSA) is 26.3 Å². The van der Waals surface area contributed by atoms with E-state index in [9.17, 15) is 4.79 Å². The van der Waals surface area contributed by atoms with Gasteiger partial charge in [-0.15, -0.1) is 0 Å². The summed E-state index contributed by atoms with van der Waals surface area (Å²) in [7, 11) is 0. The zero-order valence-corrected chi connectivity index (χ0v) is 11.2. The summed E-state index contributed by atoms with van der Waals surface area (Å²) < 4.78 is 5.40. The molecule has 0 saturated carbocycles. The Morgan fingerprint density at radius 2 is 1.65 bits per heavy atom. The van der Waals surface area contributed by atoms with Crippen molar-refractivity contribution in [1.29, 1.82) is 0 Å². The lowest BCUT2D eigenvalue weighted by atomic mass is 10.0. The fourth-order valence-electron chi connectivity index (χ4n) is 2.29. The molecule has 98 valence electrons. The van der Waals surface area contributed by atoms with E-state index in [1.165, 1.54) is 5.39 Å². The molecule has 0 fully saturated rings. The molecule has 0 aliphatic rings. The van der Waals surface area contributed by atoms with E-state index < -0.39 is 5.97 Å². The monoisotopic (exact) mass is 262 g/mol. The van der Waals surface area contributed by atoms with Crippen molar-refractivity contribution in [3.05, 3.63) is 66.7 Å². The molecule has 20 heavy (non-hydrogen) atoms. The average Bonchev–Trinajstić information content (AvgIpc) is 2.47. The van der Waals surface area contributed by atoms with Gasteiger partial charge >= 0.3 is 5.97 Å². The first kappa shape index (κ1) is 12.4. The number of hydrogen-bond donors (Lipinski definition) is 0. The number of ether oxygens (including phenoxy) is 1. The lowest BCUT2D eigenvalue weighted by molar-refractivity contribution is -0.129. The molecule has 0 radical (unpaired) electrons. The van der Waals surface area contributed by atoms with Crippen molar-refractivity contribution in [1.82, 2.24) is 0 Å². The smallest absolute Gasteiger partial charge is 0.338 e. The maximum atomic E-state index is 11.7. The van der Waals surface area contributed by atoms with E-state index >= 15 is 0 Å². The van der Waals surface area contributed by atoms with Crippen molar-refractivity contribution < 1.29 is 9.53 Å². The van der Waals surface area contributed by atoms with Gasteiger partial charge in [0.25, 0.3) is 0 Å². The highest BCUT2D eigenvalue weighted by Gasteiger charge is 2.09. The summed E-state index contributed by atoms with van der Waals surface area (Å²) in [6.45, 7) is 5.25. The standard InChI is InChI=1S/C18H14O2/c1-12(2)18(19)20-17-9-5-8-15-14-7-4-3-6-13(14)10-11-16(15)17/h3-11H,1H2,2H3. The second-order valence-electron chi connectivity index (χ2n) is 4.81. The second-order valence-corrected chi connectivity index (χ2v) is 4.81. The largest absolute Gasteiger partial charge is 0.423 e. The van der Waals surface area contributed by atoms with Crippen LogP contribution in [0.15, 0.2) is 66.7 Å². The van der Waals surface area contributed by atoms with Crippen LogP contribution in [0.2, 0.25) is 0 Å². The van der Waals surface area contributed by atoms with Gasteiger partial charge in [-0.1, -0.05) is 49.0 Å². The van der Waals surface area contributed by atoms with Crippen LogP contribution in [-0.2, 0) is 4.79 Å². The van der Waals surface area contributed by atoms with Crippen LogP contribution in [-0.4, -0.2) is 5.97 Å². The number of esters is 1. The summed E-state index contributed by atoms with van der Waals surface area (Å²) >= 11 is 0. The highest BCUT2D eigenvalue weighted by molar-refractivity contribution is 6.09. The van der Waals surface area contributed by atoms with Gasteiger partial charge in [-0.05, 0) is 35.2 Å². The number of fused-ring (bicyclic) bond motifs is 3. The molecular formula is C18H14O2. The van der Waals surface area contributed by atoms with E-state index in [4.69, 9.17) is 4.74 Å². The lowest BCUT2D eigenvalue weighted by Crippen LogP contribution is -2.08. The molecule has 3 rings (SSSR count). The highest BCUT2D eigenvalue weighted by Crippen LogP contribution is 2.31. The third kappa shape index (κ3) is 2.05. The summed E-state index contributed by atoms with van der Waals surface area (Å²) in [5.74, 6) is 0.173. The Bertz CT molecular complexity index is 831. The predicted molar refractivity (Wildman–Crippen MR) is 81.9 cm³/mol. The first-order chi connectivity index (χ1) is 9.66. The van der Waals surface area contributed by atoms with Gasteiger partial charge in [-0.2, -0.15) is 0 Å². The maximum absolute atomic E-state index is 11.7. The number of rotatable bonds is 2. The van der Waals surface area contributed by atoms with Crippen LogP contribution >= 0.6 is 0 Å². The van der Waals surface area contributed by atoms with Crippen LogP contribution in [0.1, 0.15) is 6.92 Å². The van der Waals surface area contributed by atoms with Crippen molar-refractivity contribution in [2.24, 2.45) is 0 Å². The Labute approximate surface area is 117 Å². The molecule has 3 aromatic carbocycles. The predicted octanol–water partition coefficient (Wildman–Crippen LogP) is 4.47. The van der Waals surface area contributed by atoms with E-state index in [2.05, 4.69) is 18.7 Å². The minimum atomic E-state index is -0.398. The third-order valence-electron chi connectivity index (χ3n) is 3.30. The van der Waals surface area contributed by atoms with Crippen LogP contribution in [0.5, 0.6) is 5.75 Å². The van der Waals surface area contributed by atoms with Crippen molar-refractivity contribution in [3.63, 3.8) is 0 Å². The minimum Gasteiger partial charge on any atom is -0.423 e. The van der Waals surface area contributed by atoms with E-state index in [1.54, 1.807) is 13.0 Å². The lowest BCUT2D eigenvalue weighted by Gasteiger charge is -2.09. The van der Waals surface area contributed by atoms with Gasteiger partial charge in [0.2, 0.25) is 0 Å². The summed E-state index contributed by atoms with van der Waals surface area (Å²) in [4.78, 5) is 11.7. The molecule has 0 saturated heterocycles. The Balaban J connectivity index is 2.22. The molecule has 2 heteroatoms. The van der Waals surface area contributed by atoms with Crippen LogP contribution < -0.4 is 4.74 Å². The van der Waals surface area contributed by atoms with Crippen LogP contribution in [0.25, 0.3) is 21.5 Å². The second kappa shape index (κ2) is 4.82. The Morgan fingerprint density at radius 3 is 2.45 bits per heavy atom. The molecule has 0 unspecified atom stereocenters. The SMILES string of the molecule is C=C(C)C(=O)Oc1cccc2c1ccc1ccccc12. The molecule has 2 nitrogen and oxygen atoms in total. The van der Waals surface area contributed by atoms with Gasteiger partial charge in [-0.25, -0.2) is 4.79 Å². The summed E-state index contributed by atoms with van der Waals surface area (Å²) in [5.41, 5.74) is 0.391. The van der Waals surface area contributed by atoms with Crippen molar-refractivity contribution in [2.75, 3.05) is 0 Å². The van der Waals surface area contributed by atoms with Gasteiger partial charge in [-0.3, -0.25) is 0 Å². The molecular weight excluding hydrogens is 248 g/mol. The van der Waals surface area contributed by atoms with Crippen LogP contribution in [0.3, 0.4) is 0 Å². The quantitative estimate of drug-likeness (QED) is 0.295. The van der Waals surface area contributed by atoms with Crippen molar-refractivity contribution in [3.8, 4) is 5.75 Å². The van der Waals surface area contributed by atoms with Crippen LogP contribution in [0.4, 0.5) is 0 Å². The molecule has 3 aromatic rings. The molecule has 0 bridgehead atoms. The molecule has 0 atom stereocenters. The fourth-order valence-corrected chi connectivity index (χ4v) is 2.29. The molecule has 0 N–H and O–H groups in total. The molecule has 0 aromatic heterocycles. The Morgan fingerprint density at radius 1 is 0.900 bits per heavy atom.